The number of fused-ring (bicyclic) bond motifs is 1. The second kappa shape index (κ2) is 7.05. The minimum atomic E-state index is 0.442. The Hall–Kier alpha value is -0.120. The van der Waals surface area contributed by atoms with Crippen LogP contribution in [0.25, 0.3) is 0 Å². The average molecular weight is 267 g/mol. The Morgan fingerprint density at radius 3 is 2.74 bits per heavy atom. The quantitative estimate of drug-likeness (QED) is 0.796. The molecule has 2 heterocycles. The van der Waals surface area contributed by atoms with Crippen molar-refractivity contribution in [1.29, 1.82) is 0 Å². The van der Waals surface area contributed by atoms with Gasteiger partial charge in [0.25, 0.3) is 0 Å². The number of nitrogens with one attached hydrogen (secondary N) is 1. The number of rotatable bonds is 6. The maximum absolute atomic E-state index is 3.41. The zero-order valence-corrected chi connectivity index (χ0v) is 13.2. The van der Waals surface area contributed by atoms with Gasteiger partial charge >= 0.3 is 0 Å². The zero-order valence-electron chi connectivity index (χ0n) is 13.2. The third kappa shape index (κ3) is 4.17. The highest BCUT2D eigenvalue weighted by Gasteiger charge is 2.32. The van der Waals surface area contributed by atoms with E-state index in [4.69, 9.17) is 0 Å². The van der Waals surface area contributed by atoms with Gasteiger partial charge in [0.2, 0.25) is 0 Å². The van der Waals surface area contributed by atoms with Gasteiger partial charge in [-0.3, -0.25) is 4.90 Å². The molecule has 112 valence electrons. The standard InChI is InChI=1S/C16H33N3/c1-4-8-16(2,13-17-3)14-18-9-6-11-19-10-5-7-15(19)12-18/h15,17H,4-14H2,1-3H3. The maximum Gasteiger partial charge on any atom is 0.0223 e. The van der Waals surface area contributed by atoms with Crippen LogP contribution in [0.4, 0.5) is 0 Å². The highest BCUT2D eigenvalue weighted by molar-refractivity contribution is 4.88. The van der Waals surface area contributed by atoms with Crippen molar-refractivity contribution >= 4 is 0 Å². The Morgan fingerprint density at radius 1 is 1.21 bits per heavy atom. The molecule has 0 saturated carbocycles. The summed E-state index contributed by atoms with van der Waals surface area (Å²) in [5.74, 6) is 0. The van der Waals surface area contributed by atoms with Crippen molar-refractivity contribution in [3.05, 3.63) is 0 Å². The van der Waals surface area contributed by atoms with Gasteiger partial charge in [0.15, 0.2) is 0 Å². The van der Waals surface area contributed by atoms with Crippen molar-refractivity contribution in [3.63, 3.8) is 0 Å². The van der Waals surface area contributed by atoms with E-state index >= 15 is 0 Å². The van der Waals surface area contributed by atoms with Gasteiger partial charge in [-0.1, -0.05) is 20.3 Å². The summed E-state index contributed by atoms with van der Waals surface area (Å²) in [6, 6.07) is 0.850. The summed E-state index contributed by atoms with van der Waals surface area (Å²) in [6.07, 6.45) is 6.83. The van der Waals surface area contributed by atoms with E-state index in [-0.39, 0.29) is 0 Å². The predicted molar refractivity (Wildman–Crippen MR) is 82.6 cm³/mol. The van der Waals surface area contributed by atoms with E-state index < -0.39 is 0 Å². The Balaban J connectivity index is 1.92. The summed E-state index contributed by atoms with van der Waals surface area (Å²) in [6.45, 7) is 12.5. The first-order valence-corrected chi connectivity index (χ1v) is 8.28. The first kappa shape index (κ1) is 15.3. The van der Waals surface area contributed by atoms with Crippen LogP contribution in [-0.4, -0.2) is 62.2 Å². The molecule has 0 aromatic heterocycles. The molecule has 2 atom stereocenters. The molecule has 2 unspecified atom stereocenters. The fraction of sp³-hybridized carbons (Fsp3) is 1.00. The summed E-state index contributed by atoms with van der Waals surface area (Å²) in [5, 5.41) is 3.41. The molecular weight excluding hydrogens is 234 g/mol. The summed E-state index contributed by atoms with van der Waals surface area (Å²) in [4.78, 5) is 5.48. The Labute approximate surface area is 119 Å². The zero-order chi connectivity index (χ0) is 13.7. The molecule has 2 aliphatic heterocycles. The van der Waals surface area contributed by atoms with E-state index in [2.05, 4.69) is 36.0 Å². The van der Waals surface area contributed by atoms with Gasteiger partial charge < -0.3 is 10.2 Å². The lowest BCUT2D eigenvalue weighted by molar-refractivity contribution is 0.140. The summed E-state index contributed by atoms with van der Waals surface area (Å²) in [7, 11) is 2.09. The van der Waals surface area contributed by atoms with Gasteiger partial charge in [0, 0.05) is 25.7 Å². The third-order valence-corrected chi connectivity index (χ3v) is 4.95. The first-order valence-electron chi connectivity index (χ1n) is 8.28. The van der Waals surface area contributed by atoms with Gasteiger partial charge in [0.05, 0.1) is 0 Å². The van der Waals surface area contributed by atoms with Crippen LogP contribution in [0.1, 0.15) is 46.0 Å². The van der Waals surface area contributed by atoms with E-state index in [0.717, 1.165) is 12.6 Å². The minimum absolute atomic E-state index is 0.442. The Kier molecular flexibility index (Phi) is 5.67. The van der Waals surface area contributed by atoms with Crippen LogP contribution < -0.4 is 5.32 Å². The number of nitrogens with zero attached hydrogens (tertiary/aromatic N) is 2. The van der Waals surface area contributed by atoms with Crippen LogP contribution in [0, 0.1) is 5.41 Å². The summed E-state index contributed by atoms with van der Waals surface area (Å²) < 4.78 is 0. The molecule has 19 heavy (non-hydrogen) atoms. The molecule has 0 radical (unpaired) electrons. The van der Waals surface area contributed by atoms with Crippen molar-refractivity contribution in [2.45, 2.75) is 52.0 Å². The predicted octanol–water partition coefficient (Wildman–Crippen LogP) is 2.18. The average Bonchev–Trinajstić information content (AvgIpc) is 2.69. The maximum atomic E-state index is 3.41. The fourth-order valence-corrected chi connectivity index (χ4v) is 4.22. The molecule has 2 aliphatic rings. The first-order chi connectivity index (χ1) is 9.17. The largest absolute Gasteiger partial charge is 0.319 e. The molecule has 2 rings (SSSR count). The van der Waals surface area contributed by atoms with Crippen molar-refractivity contribution in [3.8, 4) is 0 Å². The Morgan fingerprint density at radius 2 is 2.00 bits per heavy atom. The molecule has 2 saturated heterocycles. The second-order valence-corrected chi connectivity index (χ2v) is 7.01. The van der Waals surface area contributed by atoms with Gasteiger partial charge in [-0.25, -0.2) is 0 Å². The van der Waals surface area contributed by atoms with Gasteiger partial charge in [0.1, 0.15) is 0 Å². The van der Waals surface area contributed by atoms with Gasteiger partial charge in [-0.2, -0.15) is 0 Å². The lowest BCUT2D eigenvalue weighted by Crippen LogP contribution is -2.44. The topological polar surface area (TPSA) is 18.5 Å². The molecule has 0 amide bonds. The summed E-state index contributed by atoms with van der Waals surface area (Å²) >= 11 is 0. The van der Waals surface area contributed by atoms with Crippen LogP contribution in [0.3, 0.4) is 0 Å². The van der Waals surface area contributed by atoms with Crippen molar-refractivity contribution in [2.75, 3.05) is 46.3 Å². The normalized spacial score (nSPS) is 28.9. The van der Waals surface area contributed by atoms with Gasteiger partial charge in [-0.15, -0.1) is 0 Å². The van der Waals surface area contributed by atoms with Crippen LogP contribution in [0.5, 0.6) is 0 Å². The SMILES string of the molecule is CCCC(C)(CNC)CN1CCCN2CCCC2C1. The molecule has 3 nitrogen and oxygen atoms in total. The fourth-order valence-electron chi connectivity index (χ4n) is 4.22. The molecule has 0 aromatic carbocycles. The van der Waals surface area contributed by atoms with E-state index in [1.165, 1.54) is 64.8 Å². The molecule has 0 bridgehead atoms. The Bertz CT molecular complexity index is 261. The number of hydrogen-bond acceptors (Lipinski definition) is 3. The van der Waals surface area contributed by atoms with Crippen LogP contribution in [0.2, 0.25) is 0 Å². The minimum Gasteiger partial charge on any atom is -0.319 e. The lowest BCUT2D eigenvalue weighted by Gasteiger charge is -2.36. The van der Waals surface area contributed by atoms with E-state index in [1.807, 2.05) is 0 Å². The molecule has 1 N–H and O–H groups in total. The summed E-state index contributed by atoms with van der Waals surface area (Å²) in [5.41, 5.74) is 0.442. The molecule has 3 heteroatoms. The van der Waals surface area contributed by atoms with Crippen molar-refractivity contribution < 1.29 is 0 Å². The van der Waals surface area contributed by atoms with E-state index in [1.54, 1.807) is 0 Å². The third-order valence-electron chi connectivity index (χ3n) is 4.95. The monoisotopic (exact) mass is 267 g/mol. The smallest absolute Gasteiger partial charge is 0.0223 e. The lowest BCUT2D eigenvalue weighted by atomic mass is 9.84. The molecule has 0 spiro atoms. The van der Waals surface area contributed by atoms with Gasteiger partial charge in [-0.05, 0) is 57.8 Å². The van der Waals surface area contributed by atoms with E-state index in [9.17, 15) is 0 Å². The van der Waals surface area contributed by atoms with Crippen LogP contribution >= 0.6 is 0 Å². The molecular formula is C16H33N3. The van der Waals surface area contributed by atoms with Crippen LogP contribution in [0.15, 0.2) is 0 Å². The molecule has 0 aromatic rings. The van der Waals surface area contributed by atoms with Crippen molar-refractivity contribution in [2.24, 2.45) is 5.41 Å². The van der Waals surface area contributed by atoms with Crippen molar-refractivity contribution in [1.82, 2.24) is 15.1 Å². The highest BCUT2D eigenvalue weighted by Crippen LogP contribution is 2.27. The number of hydrogen-bond donors (Lipinski definition) is 1. The second-order valence-electron chi connectivity index (χ2n) is 7.01. The van der Waals surface area contributed by atoms with E-state index in [0.29, 0.717) is 5.41 Å². The molecule has 2 fully saturated rings. The van der Waals surface area contributed by atoms with Crippen LogP contribution in [-0.2, 0) is 0 Å². The molecule has 0 aliphatic carbocycles. The highest BCUT2D eigenvalue weighted by atomic mass is 15.3.